The molecule has 0 saturated heterocycles. The van der Waals surface area contributed by atoms with Gasteiger partial charge >= 0.3 is 0 Å². The van der Waals surface area contributed by atoms with Gasteiger partial charge in [0.15, 0.2) is 0 Å². The van der Waals surface area contributed by atoms with Crippen LogP contribution < -0.4 is 10.6 Å². The number of aryl methyl sites for hydroxylation is 1. The molecule has 0 saturated carbocycles. The summed E-state index contributed by atoms with van der Waals surface area (Å²) in [5.41, 5.74) is 3.72. The van der Waals surface area contributed by atoms with Gasteiger partial charge in [0.25, 0.3) is 5.91 Å². The molecule has 0 unspecified atom stereocenters. The summed E-state index contributed by atoms with van der Waals surface area (Å²) in [5, 5.41) is 9.85. The number of carbonyl (C=O) groups excluding carboxylic acids is 2. The maximum atomic E-state index is 13.3. The minimum absolute atomic E-state index is 0.219. The molecular weight excluding hydrogens is 409 g/mol. The first-order valence-electron chi connectivity index (χ1n) is 9.90. The predicted molar refractivity (Wildman–Crippen MR) is 119 cm³/mol. The van der Waals surface area contributed by atoms with E-state index in [9.17, 15) is 14.0 Å². The number of pyridine rings is 1. The molecule has 0 atom stereocenters. The van der Waals surface area contributed by atoms with Gasteiger partial charge in [-0.25, -0.2) is 9.07 Å². The van der Waals surface area contributed by atoms with Gasteiger partial charge < -0.3 is 10.6 Å². The molecule has 2 aromatic heterocycles. The van der Waals surface area contributed by atoms with Gasteiger partial charge in [-0.2, -0.15) is 5.10 Å². The average Bonchev–Trinajstić information content (AvgIpc) is 3.25. The fourth-order valence-electron chi connectivity index (χ4n) is 3.09. The first-order chi connectivity index (χ1) is 15.5. The van der Waals surface area contributed by atoms with Crippen LogP contribution in [0.15, 0.2) is 79.3 Å². The highest BCUT2D eigenvalue weighted by Gasteiger charge is 2.19. The lowest BCUT2D eigenvalue weighted by Gasteiger charge is -2.07. The first kappa shape index (κ1) is 20.9. The smallest absolute Gasteiger partial charge is 0.255 e. The Morgan fingerprint density at radius 1 is 1.03 bits per heavy atom. The van der Waals surface area contributed by atoms with E-state index in [1.54, 1.807) is 36.7 Å². The third kappa shape index (κ3) is 4.86. The molecule has 0 aliphatic heterocycles. The van der Waals surface area contributed by atoms with Crippen LogP contribution in [0.3, 0.4) is 0 Å². The zero-order chi connectivity index (χ0) is 22.5. The Morgan fingerprint density at radius 3 is 2.47 bits per heavy atom. The van der Waals surface area contributed by atoms with E-state index in [1.165, 1.54) is 23.0 Å². The Hall–Kier alpha value is -4.33. The zero-order valence-electron chi connectivity index (χ0n) is 17.2. The van der Waals surface area contributed by atoms with E-state index in [0.717, 1.165) is 11.1 Å². The van der Waals surface area contributed by atoms with Gasteiger partial charge in [0.05, 0.1) is 29.7 Å². The first-order valence-corrected chi connectivity index (χ1v) is 9.90. The standard InChI is InChI=1S/C24H20FN5O2/c1-16-4-6-17(7-5-16)23-21(15-30(29-23)20-10-8-18(25)9-11-20)24(32)27-14-22(31)28-19-3-2-12-26-13-19/h2-13,15H,14H2,1H3,(H,27,32)(H,28,31). The molecule has 0 spiro atoms. The van der Waals surface area contributed by atoms with Crippen LogP contribution in [0.25, 0.3) is 16.9 Å². The van der Waals surface area contributed by atoms with Crippen molar-refractivity contribution in [2.45, 2.75) is 6.92 Å². The van der Waals surface area contributed by atoms with Gasteiger partial charge in [-0.1, -0.05) is 29.8 Å². The third-order valence-electron chi connectivity index (χ3n) is 4.73. The number of aromatic nitrogens is 3. The van der Waals surface area contributed by atoms with Crippen molar-refractivity contribution in [3.8, 4) is 16.9 Å². The topological polar surface area (TPSA) is 88.9 Å². The van der Waals surface area contributed by atoms with Crippen molar-refractivity contribution < 1.29 is 14.0 Å². The summed E-state index contributed by atoms with van der Waals surface area (Å²) in [6.45, 7) is 1.75. The molecule has 7 nitrogen and oxygen atoms in total. The van der Waals surface area contributed by atoms with Gasteiger partial charge in [-0.15, -0.1) is 0 Å². The van der Waals surface area contributed by atoms with Crippen LogP contribution >= 0.6 is 0 Å². The molecule has 0 fully saturated rings. The summed E-state index contributed by atoms with van der Waals surface area (Å²) in [5.74, 6) is -1.19. The number of carbonyl (C=O) groups is 2. The molecule has 2 amide bonds. The Balaban J connectivity index is 1.57. The maximum absolute atomic E-state index is 13.3. The molecule has 4 rings (SSSR count). The highest BCUT2D eigenvalue weighted by Crippen LogP contribution is 2.24. The molecule has 2 N–H and O–H groups in total. The number of hydrogen-bond donors (Lipinski definition) is 2. The summed E-state index contributed by atoms with van der Waals surface area (Å²) in [6, 6.07) is 16.8. The zero-order valence-corrected chi connectivity index (χ0v) is 17.2. The van der Waals surface area contributed by atoms with Crippen LogP contribution in [0.1, 0.15) is 15.9 Å². The minimum atomic E-state index is -0.449. The Labute approximate surface area is 183 Å². The van der Waals surface area contributed by atoms with Gasteiger partial charge in [0.1, 0.15) is 11.5 Å². The number of anilines is 1. The van der Waals surface area contributed by atoms with E-state index in [1.807, 2.05) is 31.2 Å². The van der Waals surface area contributed by atoms with E-state index in [2.05, 4.69) is 20.7 Å². The minimum Gasteiger partial charge on any atom is -0.343 e. The lowest BCUT2D eigenvalue weighted by Crippen LogP contribution is -2.33. The summed E-state index contributed by atoms with van der Waals surface area (Å²) < 4.78 is 14.8. The quantitative estimate of drug-likeness (QED) is 0.489. The van der Waals surface area contributed by atoms with Crippen molar-refractivity contribution >= 4 is 17.5 Å². The molecular formula is C24H20FN5O2. The van der Waals surface area contributed by atoms with Crippen molar-refractivity contribution in [2.75, 3.05) is 11.9 Å². The van der Waals surface area contributed by atoms with E-state index in [-0.39, 0.29) is 18.3 Å². The van der Waals surface area contributed by atoms with Crippen LogP contribution in [-0.2, 0) is 4.79 Å². The average molecular weight is 429 g/mol. The molecule has 0 aliphatic carbocycles. The number of nitrogens with zero attached hydrogens (tertiary/aromatic N) is 3. The van der Waals surface area contributed by atoms with Crippen LogP contribution in [0.2, 0.25) is 0 Å². The lowest BCUT2D eigenvalue weighted by atomic mass is 10.1. The number of benzene rings is 2. The second-order valence-electron chi connectivity index (χ2n) is 7.15. The van der Waals surface area contributed by atoms with Crippen LogP contribution in [-0.4, -0.2) is 33.1 Å². The number of hydrogen-bond acceptors (Lipinski definition) is 4. The predicted octanol–water partition coefficient (Wildman–Crippen LogP) is 3.75. The Morgan fingerprint density at radius 2 is 1.78 bits per heavy atom. The van der Waals surface area contributed by atoms with Crippen molar-refractivity contribution in [3.63, 3.8) is 0 Å². The monoisotopic (exact) mass is 429 g/mol. The highest BCUT2D eigenvalue weighted by atomic mass is 19.1. The van der Waals surface area contributed by atoms with E-state index >= 15 is 0 Å². The summed E-state index contributed by atoms with van der Waals surface area (Å²) in [4.78, 5) is 29.1. The fourth-order valence-corrected chi connectivity index (χ4v) is 3.09. The summed E-state index contributed by atoms with van der Waals surface area (Å²) >= 11 is 0. The third-order valence-corrected chi connectivity index (χ3v) is 4.73. The normalized spacial score (nSPS) is 10.6. The van der Waals surface area contributed by atoms with Gasteiger partial charge in [-0.05, 0) is 43.3 Å². The van der Waals surface area contributed by atoms with Crippen molar-refractivity contribution in [3.05, 3.63) is 96.2 Å². The van der Waals surface area contributed by atoms with Crippen LogP contribution in [0.4, 0.5) is 10.1 Å². The SMILES string of the molecule is Cc1ccc(-c2nn(-c3ccc(F)cc3)cc2C(=O)NCC(=O)Nc2cccnc2)cc1. The van der Waals surface area contributed by atoms with Gasteiger partial charge in [-0.3, -0.25) is 14.6 Å². The highest BCUT2D eigenvalue weighted by molar-refractivity contribution is 6.02. The number of nitrogens with one attached hydrogen (secondary N) is 2. The molecule has 8 heteroatoms. The van der Waals surface area contributed by atoms with E-state index in [4.69, 9.17) is 0 Å². The molecule has 2 heterocycles. The molecule has 4 aromatic rings. The van der Waals surface area contributed by atoms with Gasteiger partial charge in [0.2, 0.25) is 5.91 Å². The molecule has 0 radical (unpaired) electrons. The van der Waals surface area contributed by atoms with Crippen LogP contribution in [0.5, 0.6) is 0 Å². The van der Waals surface area contributed by atoms with Crippen molar-refractivity contribution in [2.24, 2.45) is 0 Å². The van der Waals surface area contributed by atoms with E-state index in [0.29, 0.717) is 22.6 Å². The molecule has 160 valence electrons. The van der Waals surface area contributed by atoms with Crippen LogP contribution in [0, 0.1) is 12.7 Å². The fraction of sp³-hybridized carbons (Fsp3) is 0.0833. The lowest BCUT2D eigenvalue weighted by molar-refractivity contribution is -0.115. The number of rotatable bonds is 6. The Bertz CT molecular complexity index is 1240. The Kier molecular flexibility index (Phi) is 6.03. The van der Waals surface area contributed by atoms with Crippen molar-refractivity contribution in [1.29, 1.82) is 0 Å². The number of halogens is 1. The van der Waals surface area contributed by atoms with Crippen molar-refractivity contribution in [1.82, 2.24) is 20.1 Å². The second-order valence-corrected chi connectivity index (χ2v) is 7.15. The molecule has 0 bridgehead atoms. The number of amides is 2. The largest absolute Gasteiger partial charge is 0.343 e. The summed E-state index contributed by atoms with van der Waals surface area (Å²) in [7, 11) is 0. The van der Waals surface area contributed by atoms with E-state index < -0.39 is 5.91 Å². The maximum Gasteiger partial charge on any atom is 0.255 e. The molecule has 2 aromatic carbocycles. The summed E-state index contributed by atoms with van der Waals surface area (Å²) in [6.07, 6.45) is 4.68. The molecule has 32 heavy (non-hydrogen) atoms. The molecule has 0 aliphatic rings. The second kappa shape index (κ2) is 9.22. The van der Waals surface area contributed by atoms with Gasteiger partial charge in [0, 0.05) is 18.0 Å².